The molecular weight excluding hydrogens is 538 g/mol. The van der Waals surface area contributed by atoms with E-state index in [-0.39, 0.29) is 47.3 Å². The molecule has 1 atom stereocenters. The number of pyridine rings is 1. The van der Waals surface area contributed by atoms with E-state index >= 15 is 0 Å². The zero-order valence-electron chi connectivity index (χ0n) is 21.7. The van der Waals surface area contributed by atoms with Gasteiger partial charge in [-0.2, -0.15) is 26.3 Å². The molecule has 0 bridgehead atoms. The van der Waals surface area contributed by atoms with Gasteiger partial charge in [-0.3, -0.25) is 9.59 Å². The summed E-state index contributed by atoms with van der Waals surface area (Å²) in [5.41, 5.74) is -2.70. The van der Waals surface area contributed by atoms with Crippen molar-refractivity contribution in [2.45, 2.75) is 63.8 Å². The third-order valence-corrected chi connectivity index (χ3v) is 7.06. The zero-order valence-corrected chi connectivity index (χ0v) is 21.7. The van der Waals surface area contributed by atoms with E-state index in [1.54, 1.807) is 6.92 Å². The van der Waals surface area contributed by atoms with Crippen molar-refractivity contribution < 1.29 is 40.7 Å². The molecule has 5 nitrogen and oxygen atoms in total. The molecule has 0 saturated heterocycles. The standard InChI is InChI=1S/C29H28F6N2O3/c1-2-40-26(38)16-25(17-6-4-3-5-7-17)37-27(39)19-9-11-23-18(12-19)8-10-24(36-23)20-13-21(28(30,31)32)15-22(14-20)29(33,34)35/h8-15,17,25H,2-7,16H2,1H3,(H,37,39). The Bertz CT molecular complexity index is 1350. The first kappa shape index (κ1) is 29.4. The lowest BCUT2D eigenvalue weighted by molar-refractivity contribution is -0.144. The number of fused-ring (bicyclic) bond motifs is 1. The summed E-state index contributed by atoms with van der Waals surface area (Å²) in [4.78, 5) is 29.6. The fourth-order valence-corrected chi connectivity index (χ4v) is 5.05. The molecule has 3 aromatic rings. The van der Waals surface area contributed by atoms with E-state index in [4.69, 9.17) is 4.74 Å². The van der Waals surface area contributed by atoms with Crippen molar-refractivity contribution in [3.05, 3.63) is 65.2 Å². The highest BCUT2D eigenvalue weighted by Crippen LogP contribution is 2.38. The minimum atomic E-state index is -4.97. The first-order valence-corrected chi connectivity index (χ1v) is 13.0. The van der Waals surface area contributed by atoms with Crippen LogP contribution in [0.1, 0.15) is 66.9 Å². The molecule has 1 amide bonds. The minimum absolute atomic E-state index is 0.0552. The fraction of sp³-hybridized carbons (Fsp3) is 0.414. The molecule has 1 aliphatic rings. The molecule has 0 radical (unpaired) electrons. The maximum atomic E-state index is 13.3. The van der Waals surface area contributed by atoms with E-state index in [1.807, 2.05) is 0 Å². The maximum absolute atomic E-state index is 13.3. The summed E-state index contributed by atoms with van der Waals surface area (Å²) in [7, 11) is 0. The molecule has 11 heteroatoms. The number of benzene rings is 2. The normalized spacial score (nSPS) is 15.6. The Kier molecular flexibility index (Phi) is 8.70. The van der Waals surface area contributed by atoms with E-state index < -0.39 is 41.4 Å². The summed E-state index contributed by atoms with van der Waals surface area (Å²) in [5.74, 6) is -0.656. The van der Waals surface area contributed by atoms with Gasteiger partial charge >= 0.3 is 18.3 Å². The number of carbonyl (C=O) groups excluding carboxylic acids is 2. The van der Waals surface area contributed by atoms with Gasteiger partial charge in [-0.1, -0.05) is 25.3 Å². The van der Waals surface area contributed by atoms with Gasteiger partial charge in [-0.05, 0) is 68.1 Å². The van der Waals surface area contributed by atoms with Crippen molar-refractivity contribution in [3.8, 4) is 11.3 Å². The van der Waals surface area contributed by atoms with Crippen LogP contribution in [0.4, 0.5) is 26.3 Å². The van der Waals surface area contributed by atoms with Crippen LogP contribution in [-0.2, 0) is 21.9 Å². The largest absolute Gasteiger partial charge is 0.466 e. The van der Waals surface area contributed by atoms with E-state index in [0.717, 1.165) is 32.1 Å². The Morgan fingerprint density at radius 2 is 1.57 bits per heavy atom. The average Bonchev–Trinajstić information content (AvgIpc) is 2.91. The quantitative estimate of drug-likeness (QED) is 0.237. The number of hydrogen-bond acceptors (Lipinski definition) is 4. The van der Waals surface area contributed by atoms with Crippen molar-refractivity contribution in [3.63, 3.8) is 0 Å². The number of nitrogens with zero attached hydrogens (tertiary/aromatic N) is 1. The number of halogens is 6. The predicted octanol–water partition coefficient (Wildman–Crippen LogP) is 7.57. The molecule has 0 spiro atoms. The number of nitrogens with one attached hydrogen (secondary N) is 1. The van der Waals surface area contributed by atoms with Crippen molar-refractivity contribution in [1.29, 1.82) is 0 Å². The van der Waals surface area contributed by atoms with E-state index in [9.17, 15) is 35.9 Å². The molecule has 1 aliphatic carbocycles. The second-order valence-corrected chi connectivity index (χ2v) is 9.89. The molecule has 214 valence electrons. The maximum Gasteiger partial charge on any atom is 0.416 e. The number of hydrogen-bond donors (Lipinski definition) is 1. The van der Waals surface area contributed by atoms with Gasteiger partial charge in [-0.25, -0.2) is 4.98 Å². The molecule has 0 aliphatic heterocycles. The van der Waals surface area contributed by atoms with Crippen LogP contribution in [0, 0.1) is 5.92 Å². The first-order chi connectivity index (χ1) is 18.8. The SMILES string of the molecule is CCOC(=O)CC(NC(=O)c1ccc2nc(-c3cc(C(F)(F)F)cc(C(F)(F)F)c3)ccc2c1)C1CCCCC1. The lowest BCUT2D eigenvalue weighted by atomic mass is 9.82. The Morgan fingerprint density at radius 3 is 2.17 bits per heavy atom. The molecule has 2 aromatic carbocycles. The summed E-state index contributed by atoms with van der Waals surface area (Å²) >= 11 is 0. The van der Waals surface area contributed by atoms with E-state index in [1.165, 1.54) is 30.3 Å². The molecular formula is C29H28F6N2O3. The zero-order chi connectivity index (χ0) is 29.1. The second kappa shape index (κ2) is 11.9. The summed E-state index contributed by atoms with van der Waals surface area (Å²) in [6.45, 7) is 1.95. The molecule has 1 unspecified atom stereocenters. The average molecular weight is 567 g/mol. The smallest absolute Gasteiger partial charge is 0.416 e. The minimum Gasteiger partial charge on any atom is -0.466 e. The number of aromatic nitrogens is 1. The molecule has 1 fully saturated rings. The Morgan fingerprint density at radius 1 is 0.925 bits per heavy atom. The van der Waals surface area contributed by atoms with Crippen molar-refractivity contribution in [2.24, 2.45) is 5.92 Å². The lowest BCUT2D eigenvalue weighted by Gasteiger charge is -2.30. The van der Waals surface area contributed by atoms with Gasteiger partial charge in [0, 0.05) is 22.6 Å². The number of alkyl halides is 6. The van der Waals surface area contributed by atoms with Crippen molar-refractivity contribution >= 4 is 22.8 Å². The Labute approximate surface area is 226 Å². The summed E-state index contributed by atoms with van der Waals surface area (Å²) < 4.78 is 84.8. The first-order valence-electron chi connectivity index (χ1n) is 13.0. The molecule has 1 aromatic heterocycles. The third-order valence-electron chi connectivity index (χ3n) is 7.06. The summed E-state index contributed by atoms with van der Waals surface area (Å²) in [5, 5.41) is 3.43. The van der Waals surface area contributed by atoms with Gasteiger partial charge in [0.15, 0.2) is 0 Å². The van der Waals surface area contributed by atoms with Crippen LogP contribution >= 0.6 is 0 Å². The topological polar surface area (TPSA) is 68.3 Å². The van der Waals surface area contributed by atoms with Crippen LogP contribution in [0.5, 0.6) is 0 Å². The molecule has 1 saturated carbocycles. The molecule has 1 heterocycles. The molecule has 4 rings (SSSR count). The number of esters is 1. The van der Waals surface area contributed by atoms with Gasteiger partial charge in [0.1, 0.15) is 0 Å². The van der Waals surface area contributed by atoms with Crippen LogP contribution in [0.3, 0.4) is 0 Å². The molecule has 40 heavy (non-hydrogen) atoms. The number of carbonyl (C=O) groups is 2. The lowest BCUT2D eigenvalue weighted by Crippen LogP contribution is -2.42. The highest BCUT2D eigenvalue weighted by Gasteiger charge is 2.37. The Hall–Kier alpha value is -3.63. The van der Waals surface area contributed by atoms with Crippen LogP contribution in [0.15, 0.2) is 48.5 Å². The monoisotopic (exact) mass is 566 g/mol. The van der Waals surface area contributed by atoms with Crippen LogP contribution < -0.4 is 5.32 Å². The fourth-order valence-electron chi connectivity index (χ4n) is 5.05. The van der Waals surface area contributed by atoms with Crippen molar-refractivity contribution in [1.82, 2.24) is 10.3 Å². The van der Waals surface area contributed by atoms with Gasteiger partial charge in [0.25, 0.3) is 5.91 Å². The predicted molar refractivity (Wildman–Crippen MR) is 136 cm³/mol. The van der Waals surface area contributed by atoms with E-state index in [2.05, 4.69) is 10.3 Å². The summed E-state index contributed by atoms with van der Waals surface area (Å²) in [6.07, 6.45) is -4.98. The van der Waals surface area contributed by atoms with E-state index in [0.29, 0.717) is 17.5 Å². The van der Waals surface area contributed by atoms with Gasteiger partial charge in [0.05, 0.1) is 35.4 Å². The Balaban J connectivity index is 1.60. The highest BCUT2D eigenvalue weighted by atomic mass is 19.4. The number of ether oxygens (including phenoxy) is 1. The molecule has 1 N–H and O–H groups in total. The van der Waals surface area contributed by atoms with Crippen LogP contribution in [-0.4, -0.2) is 29.5 Å². The van der Waals surface area contributed by atoms with Gasteiger partial charge in [0.2, 0.25) is 0 Å². The highest BCUT2D eigenvalue weighted by molar-refractivity contribution is 5.98. The third kappa shape index (κ3) is 7.11. The van der Waals surface area contributed by atoms with Crippen molar-refractivity contribution in [2.75, 3.05) is 6.61 Å². The van der Waals surface area contributed by atoms with Crippen LogP contribution in [0.2, 0.25) is 0 Å². The summed E-state index contributed by atoms with van der Waals surface area (Å²) in [6, 6.07) is 8.21. The number of amides is 1. The van der Waals surface area contributed by atoms with Gasteiger partial charge in [-0.15, -0.1) is 0 Å². The van der Waals surface area contributed by atoms with Crippen LogP contribution in [0.25, 0.3) is 22.2 Å². The second-order valence-electron chi connectivity index (χ2n) is 9.89. The number of rotatable bonds is 7. The van der Waals surface area contributed by atoms with Gasteiger partial charge < -0.3 is 10.1 Å².